The first kappa shape index (κ1) is 32.3. The van der Waals surface area contributed by atoms with Gasteiger partial charge in [-0.2, -0.15) is 0 Å². The summed E-state index contributed by atoms with van der Waals surface area (Å²) in [6, 6.07) is 6.64. The van der Waals surface area contributed by atoms with Crippen molar-refractivity contribution >= 4 is 18.0 Å². The summed E-state index contributed by atoms with van der Waals surface area (Å²) in [6.07, 6.45) is 14.0. The van der Waals surface area contributed by atoms with E-state index in [1.54, 1.807) is 30.3 Å². The molecule has 4 fully saturated rings. The number of phenols is 1. The zero-order valence-corrected chi connectivity index (χ0v) is 28.2. The van der Waals surface area contributed by atoms with E-state index in [4.69, 9.17) is 4.74 Å². The number of aliphatic hydroxyl groups excluding tert-OH is 1. The first-order valence-electron chi connectivity index (χ1n) is 17.3. The third-order valence-corrected chi connectivity index (χ3v) is 14.7. The van der Waals surface area contributed by atoms with Crippen molar-refractivity contribution in [3.8, 4) is 5.75 Å². The number of benzene rings is 1. The normalized spacial score (nSPS) is 43.7. The predicted molar refractivity (Wildman–Crippen MR) is 175 cm³/mol. The number of aromatic hydroxyl groups is 1. The molecule has 0 saturated heterocycles. The highest BCUT2D eigenvalue weighted by molar-refractivity contribution is 5.87. The van der Waals surface area contributed by atoms with Crippen molar-refractivity contribution in [2.24, 2.45) is 50.2 Å². The molecule has 3 N–H and O–H groups in total. The third kappa shape index (κ3) is 4.83. The van der Waals surface area contributed by atoms with Crippen molar-refractivity contribution in [2.75, 3.05) is 6.61 Å². The molecule has 0 bridgehead atoms. The van der Waals surface area contributed by atoms with Crippen LogP contribution in [0.5, 0.6) is 5.75 Å². The van der Waals surface area contributed by atoms with Gasteiger partial charge in [-0.1, -0.05) is 65.3 Å². The average Bonchev–Trinajstić information content (AvgIpc) is 2.98. The smallest absolute Gasteiger partial charge is 0.330 e. The van der Waals surface area contributed by atoms with Crippen LogP contribution in [0.3, 0.4) is 0 Å². The van der Waals surface area contributed by atoms with Crippen molar-refractivity contribution in [3.05, 3.63) is 47.6 Å². The zero-order chi connectivity index (χ0) is 32.6. The summed E-state index contributed by atoms with van der Waals surface area (Å²) in [6.45, 7) is 14.3. The first-order valence-corrected chi connectivity index (χ1v) is 17.3. The molecule has 0 amide bonds. The summed E-state index contributed by atoms with van der Waals surface area (Å²) in [7, 11) is 0. The van der Waals surface area contributed by atoms with E-state index in [0.29, 0.717) is 12.3 Å². The molecule has 9 atom stereocenters. The number of carboxylic acids is 1. The highest BCUT2D eigenvalue weighted by atomic mass is 16.5. The summed E-state index contributed by atoms with van der Waals surface area (Å²) in [5.41, 5.74) is 1.11. The van der Waals surface area contributed by atoms with Crippen LogP contribution in [0.25, 0.3) is 6.08 Å². The Bertz CT molecular complexity index is 1410. The summed E-state index contributed by atoms with van der Waals surface area (Å²) in [4.78, 5) is 25.8. The molecule has 0 aliphatic heterocycles. The van der Waals surface area contributed by atoms with Crippen molar-refractivity contribution in [1.82, 2.24) is 0 Å². The molecule has 6 heteroatoms. The maximum atomic E-state index is 12.9. The highest BCUT2D eigenvalue weighted by Crippen LogP contribution is 2.75. The van der Waals surface area contributed by atoms with Gasteiger partial charge < -0.3 is 20.1 Å². The van der Waals surface area contributed by atoms with Gasteiger partial charge in [-0.3, -0.25) is 4.79 Å². The van der Waals surface area contributed by atoms with Crippen molar-refractivity contribution in [2.45, 2.75) is 112 Å². The molecular weight excluding hydrogens is 564 g/mol. The number of phenolic OH excluding ortho intramolecular Hbond substituents is 1. The molecule has 0 aromatic heterocycles. The Balaban J connectivity index is 1.27. The molecule has 0 heterocycles. The van der Waals surface area contributed by atoms with E-state index in [1.807, 2.05) is 0 Å². The summed E-state index contributed by atoms with van der Waals surface area (Å²) >= 11 is 0. The van der Waals surface area contributed by atoms with E-state index in [9.17, 15) is 24.9 Å². The fraction of sp³-hybridized carbons (Fsp3) is 0.692. The van der Waals surface area contributed by atoms with E-state index in [2.05, 4.69) is 47.6 Å². The summed E-state index contributed by atoms with van der Waals surface area (Å²) in [5, 5.41) is 31.6. The van der Waals surface area contributed by atoms with Gasteiger partial charge >= 0.3 is 11.9 Å². The number of hydrogen-bond donors (Lipinski definition) is 3. The molecule has 1 aromatic carbocycles. The lowest BCUT2D eigenvalue weighted by Crippen LogP contribution is -2.66. The quantitative estimate of drug-likeness (QED) is 0.175. The van der Waals surface area contributed by atoms with Crippen molar-refractivity contribution in [1.29, 1.82) is 0 Å². The number of aliphatic carboxylic acids is 1. The molecule has 0 spiro atoms. The van der Waals surface area contributed by atoms with Crippen LogP contribution in [0.1, 0.15) is 111 Å². The van der Waals surface area contributed by atoms with Crippen LogP contribution in [0.2, 0.25) is 0 Å². The van der Waals surface area contributed by atoms with Crippen LogP contribution < -0.4 is 0 Å². The maximum absolute atomic E-state index is 12.9. The van der Waals surface area contributed by atoms with Gasteiger partial charge in [-0.15, -0.1) is 0 Å². The number of carboxylic acid groups (broad SMARTS) is 1. The van der Waals surface area contributed by atoms with E-state index < -0.39 is 28.9 Å². The fourth-order valence-electron chi connectivity index (χ4n) is 11.7. The molecular formula is C39H54O6. The van der Waals surface area contributed by atoms with E-state index in [-0.39, 0.29) is 45.9 Å². The van der Waals surface area contributed by atoms with Gasteiger partial charge in [0.2, 0.25) is 0 Å². The largest absolute Gasteiger partial charge is 0.508 e. The highest BCUT2D eigenvalue weighted by Gasteiger charge is 2.69. The molecule has 0 radical (unpaired) electrons. The Morgan fingerprint density at radius 1 is 0.911 bits per heavy atom. The Morgan fingerprint density at radius 2 is 1.60 bits per heavy atom. The van der Waals surface area contributed by atoms with Crippen LogP contribution in [0.4, 0.5) is 0 Å². The lowest BCUT2D eigenvalue weighted by molar-refractivity contribution is -0.219. The molecule has 5 aliphatic rings. The number of rotatable bonds is 5. The Morgan fingerprint density at radius 3 is 2.29 bits per heavy atom. The monoisotopic (exact) mass is 618 g/mol. The minimum absolute atomic E-state index is 0.0291. The van der Waals surface area contributed by atoms with Crippen molar-refractivity contribution in [3.63, 3.8) is 0 Å². The lowest BCUT2D eigenvalue weighted by atomic mass is 9.33. The van der Waals surface area contributed by atoms with E-state index in [1.165, 1.54) is 11.6 Å². The minimum Gasteiger partial charge on any atom is -0.508 e. The number of fused-ring (bicyclic) bond motifs is 7. The van der Waals surface area contributed by atoms with Crippen LogP contribution in [-0.4, -0.2) is 40.0 Å². The van der Waals surface area contributed by atoms with Crippen LogP contribution >= 0.6 is 0 Å². The zero-order valence-electron chi connectivity index (χ0n) is 28.2. The molecule has 5 aliphatic carbocycles. The Hall–Kier alpha value is -2.60. The first-order chi connectivity index (χ1) is 21.0. The average molecular weight is 619 g/mol. The number of aliphatic hydroxyl groups is 1. The SMILES string of the molecule is CC1(C)CC[C@]2(C(=O)O)CC[C@]3(C)C(=CC[C@H]4[C@@]5(C)CC[C@H](O)[C@@](C)(COC(=O)/C=C/c6ccc(O)cc6)[C@H]5CC[C@]43C)[C@@H]2C1. The third-order valence-electron chi connectivity index (χ3n) is 14.7. The molecule has 6 nitrogen and oxygen atoms in total. The predicted octanol–water partition coefficient (Wildman–Crippen LogP) is 8.18. The maximum Gasteiger partial charge on any atom is 0.330 e. The Kier molecular flexibility index (Phi) is 7.70. The van der Waals surface area contributed by atoms with Gasteiger partial charge in [0, 0.05) is 11.5 Å². The standard InChI is InChI=1S/C39H54O6/c1-34(2)19-21-39(33(43)44)22-20-37(5)27(28(39)23-34)12-13-30-35(3)17-16-31(41)36(4,29(35)15-18-38(30,37)6)24-45-32(42)14-9-25-7-10-26(40)11-8-25/h7-12,14,28-31,40-41H,13,15-24H2,1-6H3,(H,43,44)/b14-9+/t28-,29-,30-,31-,35-,36-,37+,38+,39-/m0/s1. The van der Waals surface area contributed by atoms with Crippen LogP contribution in [0.15, 0.2) is 42.0 Å². The topological polar surface area (TPSA) is 104 Å². The molecule has 246 valence electrons. The van der Waals surface area contributed by atoms with Crippen LogP contribution in [0, 0.1) is 50.2 Å². The number of esters is 1. The summed E-state index contributed by atoms with van der Waals surface area (Å²) in [5.74, 6) is -0.152. The number of carbonyl (C=O) groups excluding carboxylic acids is 1. The van der Waals surface area contributed by atoms with Gasteiger partial charge in [0.25, 0.3) is 0 Å². The van der Waals surface area contributed by atoms with Crippen LogP contribution in [-0.2, 0) is 14.3 Å². The molecule has 0 unspecified atom stereocenters. The molecule has 1 aromatic rings. The number of hydrogen-bond acceptors (Lipinski definition) is 5. The Labute approximate surface area is 269 Å². The van der Waals surface area contributed by atoms with Gasteiger partial charge in [-0.25, -0.2) is 4.79 Å². The molecule has 4 saturated carbocycles. The van der Waals surface area contributed by atoms with Gasteiger partial charge in [0.1, 0.15) is 5.75 Å². The van der Waals surface area contributed by atoms with Crippen molar-refractivity contribution < 1.29 is 29.6 Å². The fourth-order valence-corrected chi connectivity index (χ4v) is 11.7. The lowest BCUT2D eigenvalue weighted by Gasteiger charge is -2.71. The molecule has 6 rings (SSSR count). The van der Waals surface area contributed by atoms with Gasteiger partial charge in [0.05, 0.1) is 18.1 Å². The second-order valence-electron chi connectivity index (χ2n) is 17.3. The number of carbonyl (C=O) groups is 2. The minimum atomic E-state index is -0.640. The molecule has 45 heavy (non-hydrogen) atoms. The number of allylic oxidation sites excluding steroid dienone is 2. The summed E-state index contributed by atoms with van der Waals surface area (Å²) < 4.78 is 5.87. The number of ether oxygens (including phenoxy) is 1. The van der Waals surface area contributed by atoms with E-state index in [0.717, 1.165) is 63.4 Å². The van der Waals surface area contributed by atoms with Gasteiger partial charge in [0.15, 0.2) is 0 Å². The van der Waals surface area contributed by atoms with E-state index >= 15 is 0 Å². The second kappa shape index (κ2) is 10.7. The second-order valence-corrected chi connectivity index (χ2v) is 17.3. The van der Waals surface area contributed by atoms with Gasteiger partial charge in [-0.05, 0) is 127 Å².